The van der Waals surface area contributed by atoms with Gasteiger partial charge in [0, 0.05) is 5.56 Å². The highest BCUT2D eigenvalue weighted by Crippen LogP contribution is 2.37. The minimum Gasteiger partial charge on any atom is -0.490 e. The third-order valence-corrected chi connectivity index (χ3v) is 3.41. The summed E-state index contributed by atoms with van der Waals surface area (Å²) in [7, 11) is 0. The predicted molar refractivity (Wildman–Crippen MR) is 86.1 cm³/mol. The molecule has 0 aliphatic rings. The number of hydrogen-bond donors (Lipinski definition) is 1. The molecule has 0 fully saturated rings. The lowest BCUT2D eigenvalue weighted by Crippen LogP contribution is -2.05. The van der Waals surface area contributed by atoms with Gasteiger partial charge in [-0.25, -0.2) is 4.39 Å². The van der Waals surface area contributed by atoms with Crippen LogP contribution >= 0.6 is 11.6 Å². The van der Waals surface area contributed by atoms with E-state index in [1.165, 1.54) is 6.07 Å². The van der Waals surface area contributed by atoms with Crippen molar-refractivity contribution in [3.05, 3.63) is 58.4 Å². The highest BCUT2D eigenvalue weighted by molar-refractivity contribution is 6.32. The van der Waals surface area contributed by atoms with E-state index in [0.717, 1.165) is 5.56 Å². The molecule has 0 saturated heterocycles. The van der Waals surface area contributed by atoms with Crippen molar-refractivity contribution >= 4 is 11.6 Å². The van der Waals surface area contributed by atoms with Gasteiger partial charge in [0.1, 0.15) is 12.4 Å². The minimum atomic E-state index is -0.309. The average molecular weight is 324 g/mol. The van der Waals surface area contributed by atoms with Crippen LogP contribution in [0.1, 0.15) is 18.1 Å². The van der Waals surface area contributed by atoms with Crippen LogP contribution in [0.25, 0.3) is 0 Å². The van der Waals surface area contributed by atoms with E-state index < -0.39 is 0 Å². The molecule has 2 aromatic rings. The second-order valence-electron chi connectivity index (χ2n) is 4.76. The Bertz CT molecular complexity index is 634. The Morgan fingerprint density at radius 2 is 1.95 bits per heavy atom. The molecule has 0 bridgehead atoms. The van der Waals surface area contributed by atoms with Gasteiger partial charge in [-0.15, -0.1) is 0 Å². The summed E-state index contributed by atoms with van der Waals surface area (Å²) in [4.78, 5) is 0. The summed E-state index contributed by atoms with van der Waals surface area (Å²) in [6.07, 6.45) is 0.702. The molecular weight excluding hydrogens is 305 g/mol. The van der Waals surface area contributed by atoms with Gasteiger partial charge in [0.2, 0.25) is 0 Å². The van der Waals surface area contributed by atoms with E-state index in [2.05, 4.69) is 0 Å². The minimum absolute atomic E-state index is 0.0860. The zero-order valence-electron chi connectivity index (χ0n) is 12.4. The Hall–Kier alpha value is -1.78. The first-order valence-electron chi connectivity index (χ1n) is 7.17. The fourth-order valence-corrected chi connectivity index (χ4v) is 2.39. The van der Waals surface area contributed by atoms with Crippen LogP contribution in [0.2, 0.25) is 5.02 Å². The third kappa shape index (κ3) is 4.12. The smallest absolute Gasteiger partial charge is 0.180 e. The van der Waals surface area contributed by atoms with Gasteiger partial charge in [0.25, 0.3) is 0 Å². The van der Waals surface area contributed by atoms with Crippen LogP contribution in [0.15, 0.2) is 36.4 Å². The molecule has 0 atom stereocenters. The number of hydrogen-bond acceptors (Lipinski definition) is 3. The van der Waals surface area contributed by atoms with Crippen LogP contribution in [0.3, 0.4) is 0 Å². The van der Waals surface area contributed by atoms with Gasteiger partial charge in [0.05, 0.1) is 11.6 Å². The topological polar surface area (TPSA) is 44.5 Å². The van der Waals surface area contributed by atoms with E-state index in [4.69, 9.17) is 26.8 Å². The monoisotopic (exact) mass is 323 g/mol. The van der Waals surface area contributed by atoms with E-state index in [0.29, 0.717) is 41.7 Å². The number of nitrogens with two attached hydrogens (primary N) is 1. The molecule has 0 heterocycles. The number of benzene rings is 2. The summed E-state index contributed by atoms with van der Waals surface area (Å²) in [5.41, 5.74) is 7.01. The Morgan fingerprint density at radius 1 is 1.18 bits per heavy atom. The third-order valence-electron chi connectivity index (χ3n) is 3.13. The van der Waals surface area contributed by atoms with E-state index in [1.807, 2.05) is 13.0 Å². The van der Waals surface area contributed by atoms with Crippen LogP contribution in [0.4, 0.5) is 4.39 Å². The van der Waals surface area contributed by atoms with Gasteiger partial charge in [-0.3, -0.25) is 0 Å². The van der Waals surface area contributed by atoms with Crippen molar-refractivity contribution in [2.75, 3.05) is 13.2 Å². The van der Waals surface area contributed by atoms with Crippen molar-refractivity contribution < 1.29 is 13.9 Å². The van der Waals surface area contributed by atoms with Gasteiger partial charge < -0.3 is 15.2 Å². The maximum absolute atomic E-state index is 13.6. The number of ether oxygens (including phenoxy) is 2. The lowest BCUT2D eigenvalue weighted by Gasteiger charge is -2.15. The fraction of sp³-hybridized carbons (Fsp3) is 0.294. The summed E-state index contributed by atoms with van der Waals surface area (Å²) in [6, 6.07) is 10.1. The molecule has 0 aliphatic carbocycles. The summed E-state index contributed by atoms with van der Waals surface area (Å²) in [5.74, 6) is 0.665. The molecule has 0 unspecified atom stereocenters. The van der Waals surface area contributed by atoms with Gasteiger partial charge in [-0.05, 0) is 43.7 Å². The SMILES string of the molecule is CCOc1cc(CCN)cc(Cl)c1OCc1ccccc1F. The van der Waals surface area contributed by atoms with E-state index in [1.54, 1.807) is 24.3 Å². The van der Waals surface area contributed by atoms with Crippen LogP contribution in [0, 0.1) is 5.82 Å². The molecule has 0 aromatic heterocycles. The second kappa shape index (κ2) is 8.01. The molecule has 2 aromatic carbocycles. The molecule has 2 N–H and O–H groups in total. The predicted octanol–water partition coefficient (Wildman–Crippen LogP) is 3.96. The molecule has 0 aliphatic heterocycles. The highest BCUT2D eigenvalue weighted by Gasteiger charge is 2.13. The second-order valence-corrected chi connectivity index (χ2v) is 5.16. The van der Waals surface area contributed by atoms with Crippen molar-refractivity contribution in [3.63, 3.8) is 0 Å². The van der Waals surface area contributed by atoms with Crippen LogP contribution in [-0.2, 0) is 13.0 Å². The van der Waals surface area contributed by atoms with Crippen molar-refractivity contribution in [3.8, 4) is 11.5 Å². The zero-order valence-corrected chi connectivity index (χ0v) is 13.2. The Kier molecular flexibility index (Phi) is 6.04. The van der Waals surface area contributed by atoms with Crippen molar-refractivity contribution in [2.45, 2.75) is 20.0 Å². The van der Waals surface area contributed by atoms with E-state index >= 15 is 0 Å². The molecular formula is C17H19ClFNO2. The van der Waals surface area contributed by atoms with E-state index in [9.17, 15) is 4.39 Å². The Morgan fingerprint density at radius 3 is 2.64 bits per heavy atom. The summed E-state index contributed by atoms with van der Waals surface area (Å²) in [6.45, 7) is 2.97. The van der Waals surface area contributed by atoms with Crippen LogP contribution < -0.4 is 15.2 Å². The van der Waals surface area contributed by atoms with Crippen molar-refractivity contribution in [2.24, 2.45) is 5.73 Å². The lowest BCUT2D eigenvalue weighted by atomic mass is 10.1. The molecule has 22 heavy (non-hydrogen) atoms. The van der Waals surface area contributed by atoms with Crippen molar-refractivity contribution in [1.29, 1.82) is 0 Å². The quantitative estimate of drug-likeness (QED) is 0.839. The largest absolute Gasteiger partial charge is 0.490 e. The Labute approximate surface area is 134 Å². The highest BCUT2D eigenvalue weighted by atomic mass is 35.5. The van der Waals surface area contributed by atoms with Gasteiger partial charge in [0.15, 0.2) is 11.5 Å². The zero-order chi connectivity index (χ0) is 15.9. The first-order chi connectivity index (χ1) is 10.7. The maximum Gasteiger partial charge on any atom is 0.180 e. The van der Waals surface area contributed by atoms with Crippen LogP contribution in [-0.4, -0.2) is 13.2 Å². The maximum atomic E-state index is 13.6. The molecule has 2 rings (SSSR count). The number of halogens is 2. The summed E-state index contributed by atoms with van der Waals surface area (Å²) in [5, 5.41) is 0.436. The molecule has 0 radical (unpaired) electrons. The normalized spacial score (nSPS) is 10.5. The molecule has 5 heteroatoms. The lowest BCUT2D eigenvalue weighted by molar-refractivity contribution is 0.266. The Balaban J connectivity index is 2.23. The van der Waals surface area contributed by atoms with Gasteiger partial charge >= 0.3 is 0 Å². The average Bonchev–Trinajstić information content (AvgIpc) is 2.49. The molecule has 0 saturated carbocycles. The van der Waals surface area contributed by atoms with Gasteiger partial charge in [-0.1, -0.05) is 29.8 Å². The molecule has 118 valence electrons. The standard InChI is InChI=1S/C17H19ClFNO2/c1-2-21-16-10-12(7-8-20)9-14(18)17(16)22-11-13-5-3-4-6-15(13)19/h3-6,9-10H,2,7-8,11,20H2,1H3. The summed E-state index contributed by atoms with van der Waals surface area (Å²) < 4.78 is 24.9. The molecule has 0 spiro atoms. The first-order valence-corrected chi connectivity index (χ1v) is 7.55. The number of rotatable bonds is 7. The van der Waals surface area contributed by atoms with Gasteiger partial charge in [-0.2, -0.15) is 0 Å². The summed E-state index contributed by atoms with van der Waals surface area (Å²) >= 11 is 6.27. The van der Waals surface area contributed by atoms with E-state index in [-0.39, 0.29) is 12.4 Å². The fourth-order valence-electron chi connectivity index (χ4n) is 2.10. The molecule has 0 amide bonds. The first kappa shape index (κ1) is 16.6. The molecule has 3 nitrogen and oxygen atoms in total. The van der Waals surface area contributed by atoms with Crippen molar-refractivity contribution in [1.82, 2.24) is 0 Å². The van der Waals surface area contributed by atoms with Crippen LogP contribution in [0.5, 0.6) is 11.5 Å².